The highest BCUT2D eigenvalue weighted by molar-refractivity contribution is 5.94. The van der Waals surface area contributed by atoms with Crippen molar-refractivity contribution in [3.8, 4) is 11.1 Å². The van der Waals surface area contributed by atoms with Crippen LogP contribution in [-0.2, 0) is 18.3 Å². The molecule has 0 radical (unpaired) electrons. The number of fused-ring (bicyclic) bond motifs is 4. The number of hydrogen-bond donors (Lipinski definition) is 1. The minimum Gasteiger partial charge on any atom is -0.352 e. The zero-order chi connectivity index (χ0) is 25.4. The van der Waals surface area contributed by atoms with Gasteiger partial charge in [0.05, 0.1) is 0 Å². The topological polar surface area (TPSA) is 32.3 Å². The predicted molar refractivity (Wildman–Crippen MR) is 152 cm³/mol. The number of nitrogens with zero attached hydrogens (tertiary/aromatic N) is 1. The summed E-state index contributed by atoms with van der Waals surface area (Å²) in [6.45, 7) is 8.08. The van der Waals surface area contributed by atoms with Crippen LogP contribution >= 0.6 is 0 Å². The number of benzene rings is 3. The summed E-state index contributed by atoms with van der Waals surface area (Å²) in [5.74, 6) is 1.63. The Labute approximate surface area is 222 Å². The van der Waals surface area contributed by atoms with Crippen molar-refractivity contribution in [3.05, 3.63) is 95.1 Å². The van der Waals surface area contributed by atoms with E-state index in [9.17, 15) is 4.79 Å². The van der Waals surface area contributed by atoms with Gasteiger partial charge in [-0.25, -0.2) is 0 Å². The summed E-state index contributed by atoms with van der Waals surface area (Å²) in [4.78, 5) is 15.8. The van der Waals surface area contributed by atoms with Gasteiger partial charge in [-0.3, -0.25) is 9.69 Å². The van der Waals surface area contributed by atoms with Gasteiger partial charge in [-0.05, 0) is 102 Å². The predicted octanol–water partition coefficient (Wildman–Crippen LogP) is 6.65. The molecule has 3 atom stereocenters. The number of hydrogen-bond acceptors (Lipinski definition) is 2. The Morgan fingerprint density at radius 2 is 1.76 bits per heavy atom. The molecule has 1 saturated carbocycles. The maximum atomic E-state index is 13.1. The third-order valence-corrected chi connectivity index (χ3v) is 9.56. The molecule has 3 aliphatic rings. The van der Waals surface area contributed by atoms with Gasteiger partial charge in [0.25, 0.3) is 5.91 Å². The number of amides is 1. The molecule has 192 valence electrons. The number of piperidine rings is 1. The lowest BCUT2D eigenvalue weighted by Gasteiger charge is -2.55. The first-order chi connectivity index (χ1) is 18.0. The van der Waals surface area contributed by atoms with Crippen molar-refractivity contribution in [3.63, 3.8) is 0 Å². The fourth-order valence-electron chi connectivity index (χ4n) is 6.80. The summed E-state index contributed by atoms with van der Waals surface area (Å²) < 4.78 is 0. The number of carbonyl (C=O) groups is 1. The molecule has 3 heteroatoms. The Morgan fingerprint density at radius 3 is 2.51 bits per heavy atom. The van der Waals surface area contributed by atoms with Crippen molar-refractivity contribution in [2.75, 3.05) is 19.6 Å². The van der Waals surface area contributed by atoms with Crippen LogP contribution in [0.25, 0.3) is 11.1 Å². The fraction of sp³-hybridized carbons (Fsp3) is 0.441. The van der Waals surface area contributed by atoms with Crippen LogP contribution < -0.4 is 5.32 Å². The molecule has 2 fully saturated rings. The summed E-state index contributed by atoms with van der Waals surface area (Å²) >= 11 is 0. The average molecular weight is 493 g/mol. The molecule has 3 aromatic carbocycles. The van der Waals surface area contributed by atoms with E-state index in [1.165, 1.54) is 60.2 Å². The summed E-state index contributed by atoms with van der Waals surface area (Å²) in [7, 11) is 0. The van der Waals surface area contributed by atoms with Gasteiger partial charge >= 0.3 is 0 Å². The second-order valence-corrected chi connectivity index (χ2v) is 12.0. The fourth-order valence-corrected chi connectivity index (χ4v) is 6.80. The van der Waals surface area contributed by atoms with Crippen molar-refractivity contribution in [1.82, 2.24) is 10.2 Å². The van der Waals surface area contributed by atoms with E-state index in [0.29, 0.717) is 18.5 Å². The Kier molecular flexibility index (Phi) is 6.67. The molecule has 2 bridgehead atoms. The van der Waals surface area contributed by atoms with Crippen LogP contribution in [0.3, 0.4) is 0 Å². The van der Waals surface area contributed by atoms with Gasteiger partial charge in [0.2, 0.25) is 0 Å². The first kappa shape index (κ1) is 24.4. The Bertz CT molecular complexity index is 1250. The van der Waals surface area contributed by atoms with E-state index in [4.69, 9.17) is 0 Å². The van der Waals surface area contributed by atoms with Crippen molar-refractivity contribution in [2.45, 2.75) is 63.8 Å². The molecule has 2 aliphatic carbocycles. The highest BCUT2D eigenvalue weighted by Gasteiger charge is 2.49. The lowest BCUT2D eigenvalue weighted by atomic mass is 9.59. The normalized spacial score (nSPS) is 24.9. The lowest BCUT2D eigenvalue weighted by Crippen LogP contribution is -2.58. The maximum Gasteiger partial charge on any atom is 0.251 e. The van der Waals surface area contributed by atoms with Crippen LogP contribution in [-0.4, -0.2) is 36.5 Å². The van der Waals surface area contributed by atoms with Gasteiger partial charge in [0.15, 0.2) is 0 Å². The molecule has 3 aromatic rings. The Morgan fingerprint density at radius 1 is 1.00 bits per heavy atom. The first-order valence-corrected chi connectivity index (χ1v) is 14.3. The molecule has 1 N–H and O–H groups in total. The van der Waals surface area contributed by atoms with Crippen molar-refractivity contribution >= 4 is 5.91 Å². The van der Waals surface area contributed by atoms with E-state index >= 15 is 0 Å². The molecular weight excluding hydrogens is 452 g/mol. The SMILES string of the molecule is C[C@@H]1[C@H]2Cc3ccc(C(=O)NCCCc4ccc(-c5ccccc5)cc4)cc3[C@]1(C)CCN2CC1CC1. The zero-order valence-electron chi connectivity index (χ0n) is 22.4. The smallest absolute Gasteiger partial charge is 0.251 e. The van der Waals surface area contributed by atoms with Crippen LogP contribution in [0.15, 0.2) is 72.8 Å². The molecule has 1 amide bonds. The largest absolute Gasteiger partial charge is 0.352 e. The number of rotatable bonds is 8. The highest BCUT2D eigenvalue weighted by atomic mass is 16.1. The lowest BCUT2D eigenvalue weighted by molar-refractivity contribution is 0.0284. The molecule has 3 nitrogen and oxygen atoms in total. The molecule has 1 heterocycles. The zero-order valence-corrected chi connectivity index (χ0v) is 22.4. The Balaban J connectivity index is 1.05. The first-order valence-electron chi connectivity index (χ1n) is 14.3. The molecule has 0 spiro atoms. The van der Waals surface area contributed by atoms with Crippen LogP contribution in [0, 0.1) is 11.8 Å². The molecule has 6 rings (SSSR count). The Hall–Kier alpha value is -2.91. The summed E-state index contributed by atoms with van der Waals surface area (Å²) in [5, 5.41) is 3.18. The van der Waals surface area contributed by atoms with Gasteiger partial charge in [0.1, 0.15) is 0 Å². The summed E-state index contributed by atoms with van der Waals surface area (Å²) in [6.07, 6.45) is 7.07. The van der Waals surface area contributed by atoms with E-state index in [0.717, 1.165) is 30.7 Å². The molecule has 0 unspecified atom stereocenters. The molecule has 0 aromatic heterocycles. The third kappa shape index (κ3) is 4.99. The standard InChI is InChI=1S/C34H40N2O/c1-24-32-22-29-16-17-30(21-31(29)34(24,2)18-20-36(32)23-26-10-11-26)33(37)35-19-6-7-25-12-14-28(15-13-25)27-8-4-3-5-9-27/h3-5,8-9,12-17,21,24,26,32H,6-7,10-11,18-20,22-23H2,1-2H3,(H,35,37)/t24-,32-,34-/m1/s1. The minimum atomic E-state index is 0.0618. The van der Waals surface area contributed by atoms with E-state index in [2.05, 4.69) is 90.8 Å². The van der Waals surface area contributed by atoms with Gasteiger partial charge < -0.3 is 5.32 Å². The monoisotopic (exact) mass is 492 g/mol. The second-order valence-electron chi connectivity index (χ2n) is 12.0. The van der Waals surface area contributed by atoms with Crippen LogP contribution in [0.4, 0.5) is 0 Å². The van der Waals surface area contributed by atoms with Crippen LogP contribution in [0.2, 0.25) is 0 Å². The van der Waals surface area contributed by atoms with E-state index in [1.54, 1.807) is 0 Å². The summed E-state index contributed by atoms with van der Waals surface area (Å²) in [5.41, 5.74) is 7.67. The van der Waals surface area contributed by atoms with Gasteiger partial charge in [0, 0.05) is 24.7 Å². The van der Waals surface area contributed by atoms with Gasteiger partial charge in [-0.2, -0.15) is 0 Å². The summed E-state index contributed by atoms with van der Waals surface area (Å²) in [6, 6.07) is 26.4. The number of aryl methyl sites for hydroxylation is 1. The molecule has 37 heavy (non-hydrogen) atoms. The van der Waals surface area contributed by atoms with E-state index < -0.39 is 0 Å². The van der Waals surface area contributed by atoms with Gasteiger partial charge in [-0.15, -0.1) is 0 Å². The molecule has 1 aliphatic heterocycles. The number of nitrogens with one attached hydrogen (secondary N) is 1. The molecular formula is C34H40N2O. The van der Waals surface area contributed by atoms with Crippen molar-refractivity contribution in [2.24, 2.45) is 11.8 Å². The average Bonchev–Trinajstić information content (AvgIpc) is 3.75. The van der Waals surface area contributed by atoms with Crippen LogP contribution in [0.5, 0.6) is 0 Å². The highest BCUT2D eigenvalue weighted by Crippen LogP contribution is 2.49. The number of carbonyl (C=O) groups excluding carboxylic acids is 1. The van der Waals surface area contributed by atoms with Crippen LogP contribution in [0.1, 0.15) is 66.6 Å². The van der Waals surface area contributed by atoms with Gasteiger partial charge in [-0.1, -0.05) is 74.5 Å². The van der Waals surface area contributed by atoms with Crippen molar-refractivity contribution in [1.29, 1.82) is 0 Å². The van der Waals surface area contributed by atoms with E-state index in [-0.39, 0.29) is 11.3 Å². The minimum absolute atomic E-state index is 0.0618. The third-order valence-electron chi connectivity index (χ3n) is 9.56. The quantitative estimate of drug-likeness (QED) is 0.357. The maximum absolute atomic E-state index is 13.1. The number of likely N-dealkylation sites (tertiary alicyclic amines) is 1. The second kappa shape index (κ2) is 10.1. The van der Waals surface area contributed by atoms with E-state index in [1.807, 2.05) is 6.07 Å². The van der Waals surface area contributed by atoms with Crippen molar-refractivity contribution < 1.29 is 4.79 Å². The molecule has 1 saturated heterocycles.